The van der Waals surface area contributed by atoms with E-state index >= 15 is 0 Å². The van der Waals surface area contributed by atoms with Crippen LogP contribution >= 0.6 is 0 Å². The molecule has 0 heterocycles. The molecule has 3 amide bonds. The molecule has 8 fully saturated rings. The standard InChI is InChI=1S/C77H122N4O9/c1-46(57-21-23-59-69-61(42-65(86)76(57,59)11)74(9)29-27-55(82)38-53(74)40-63(69)84)15-25-67(88)79-31-13-33-81(71(90)50-19-17-48(18-20-50)44-78-45-49-35-51(72(3,4)5)37-52(36-49)73(6,7)8)34-14-32-80-68(89)26-16-47(2)58-22-24-60-70-62(43-66(87)77(58,60)12)75(10)30-28-56(83)39-54(75)41-64(70)85/h17-20,35-37,46-47,53-66,69-70,78,82-87H,13-16,21-34,38-45H2,1-12H3,(H,79,88)(H,80,89)/t46-,47-,53+,54+,55-,56-,57-,58-,59+,60+,61+,62+,63-,64-,65+,66+,69+,70+,74+,75+,76-,77-/m1/s1. The lowest BCUT2D eigenvalue weighted by Gasteiger charge is -2.63. The maximum Gasteiger partial charge on any atom is 0.253 e. The van der Waals surface area contributed by atoms with Crippen LogP contribution in [-0.2, 0) is 33.5 Å². The lowest BCUT2D eigenvalue weighted by atomic mass is 9.43. The molecule has 0 radical (unpaired) electrons. The Hall–Kier alpha value is -3.43. The average molecular weight is 1250 g/mol. The molecule has 90 heavy (non-hydrogen) atoms. The summed E-state index contributed by atoms with van der Waals surface area (Å²) in [7, 11) is 0. The highest BCUT2D eigenvalue weighted by Gasteiger charge is 2.67. The van der Waals surface area contributed by atoms with E-state index in [-0.39, 0.29) is 133 Å². The van der Waals surface area contributed by atoms with Crippen LogP contribution in [0.2, 0.25) is 0 Å². The number of rotatable bonds is 21. The van der Waals surface area contributed by atoms with Gasteiger partial charge in [-0.25, -0.2) is 0 Å². The zero-order valence-corrected chi connectivity index (χ0v) is 57.7. The Balaban J connectivity index is 0.718. The van der Waals surface area contributed by atoms with Crippen molar-refractivity contribution in [1.29, 1.82) is 0 Å². The van der Waals surface area contributed by atoms with Gasteiger partial charge in [-0.05, 0) is 253 Å². The fraction of sp³-hybridized carbons (Fsp3) is 0.805. The number of amides is 3. The highest BCUT2D eigenvalue weighted by Crippen LogP contribution is 2.70. The van der Waals surface area contributed by atoms with Crippen molar-refractivity contribution in [2.75, 3.05) is 26.2 Å². The first-order valence-corrected chi connectivity index (χ1v) is 36.2. The fourth-order valence-electron chi connectivity index (χ4n) is 21.8. The molecule has 0 spiro atoms. The highest BCUT2D eigenvalue weighted by molar-refractivity contribution is 5.94. The van der Waals surface area contributed by atoms with E-state index in [2.05, 4.69) is 117 Å². The number of nitrogens with one attached hydrogen (secondary N) is 3. The number of hydrogen-bond acceptors (Lipinski definition) is 10. The third-order valence-electron chi connectivity index (χ3n) is 27.4. The molecule has 0 bridgehead atoms. The molecule has 504 valence electrons. The Labute approximate surface area is 542 Å². The summed E-state index contributed by atoms with van der Waals surface area (Å²) in [5, 5.41) is 79.0. The summed E-state index contributed by atoms with van der Waals surface area (Å²) in [5.74, 6) is 2.67. The SMILES string of the molecule is C[C@H](CCC(=O)NCCCN(CCCNC(=O)CC[C@@H](C)[C@H]1CC[C@H]2[C@@H]3[C@H](O)C[C@@H]4C[C@H](O)CC[C@]4(C)[C@H]3C[C@H](O)[C@]12C)C(=O)c1ccc(CNCc2cc(C(C)(C)C)cc(C(C)(C)C)c2)cc1)[C@H]1CC[C@H]2[C@@H]3[C@H](O)C[C@@H]4C[C@H](O)CC[C@]4(C)[C@H]3C[C@H](O)[C@]12C. The van der Waals surface area contributed by atoms with Crippen LogP contribution in [-0.4, -0.2) is 116 Å². The smallest absolute Gasteiger partial charge is 0.253 e. The molecule has 0 aromatic heterocycles. The van der Waals surface area contributed by atoms with Crippen LogP contribution in [0.1, 0.15) is 244 Å². The Morgan fingerprint density at radius 3 is 1.39 bits per heavy atom. The number of aliphatic hydroxyl groups is 6. The molecule has 13 nitrogen and oxygen atoms in total. The molecule has 13 heteroatoms. The molecule has 8 aliphatic carbocycles. The second kappa shape index (κ2) is 27.4. The van der Waals surface area contributed by atoms with Gasteiger partial charge in [0.05, 0.1) is 36.6 Å². The van der Waals surface area contributed by atoms with E-state index in [1.54, 1.807) is 0 Å². The molecule has 2 aromatic rings. The van der Waals surface area contributed by atoms with Gasteiger partial charge in [-0.2, -0.15) is 0 Å². The summed E-state index contributed by atoms with van der Waals surface area (Å²) in [4.78, 5) is 43.5. The van der Waals surface area contributed by atoms with Crippen LogP contribution in [0, 0.1) is 92.7 Å². The molecule has 8 aliphatic rings. The van der Waals surface area contributed by atoms with Gasteiger partial charge in [0.15, 0.2) is 0 Å². The van der Waals surface area contributed by atoms with Crippen molar-refractivity contribution in [1.82, 2.24) is 20.9 Å². The molecule has 9 N–H and O–H groups in total. The summed E-state index contributed by atoms with van der Waals surface area (Å²) in [5.41, 5.74) is 5.05. The largest absolute Gasteiger partial charge is 0.393 e. The van der Waals surface area contributed by atoms with Gasteiger partial charge in [-0.3, -0.25) is 14.4 Å². The summed E-state index contributed by atoms with van der Waals surface area (Å²) >= 11 is 0. The Morgan fingerprint density at radius 2 is 0.967 bits per heavy atom. The Kier molecular flexibility index (Phi) is 21.1. The molecule has 2 aromatic carbocycles. The van der Waals surface area contributed by atoms with Crippen molar-refractivity contribution >= 4 is 17.7 Å². The predicted octanol–water partition coefficient (Wildman–Crippen LogP) is 11.8. The molecule has 8 saturated carbocycles. The minimum absolute atomic E-state index is 0.00924. The summed E-state index contributed by atoms with van der Waals surface area (Å²) < 4.78 is 0. The molecular formula is C77H122N4O9. The number of fused-ring (bicyclic) bond motifs is 10. The van der Waals surface area contributed by atoms with Crippen LogP contribution < -0.4 is 16.0 Å². The maximum absolute atomic E-state index is 14.5. The van der Waals surface area contributed by atoms with Crippen molar-refractivity contribution < 1.29 is 45.0 Å². The van der Waals surface area contributed by atoms with Gasteiger partial charge in [0.25, 0.3) is 5.91 Å². The van der Waals surface area contributed by atoms with Crippen molar-refractivity contribution in [2.45, 2.75) is 272 Å². The van der Waals surface area contributed by atoms with Crippen molar-refractivity contribution in [3.05, 3.63) is 70.3 Å². The lowest BCUT2D eigenvalue weighted by Crippen LogP contribution is -2.62. The first kappa shape index (κ1) is 69.4. The van der Waals surface area contributed by atoms with E-state index in [1.165, 1.54) is 16.7 Å². The normalized spacial score (nSPS) is 38.7. The third-order valence-corrected chi connectivity index (χ3v) is 27.4. The quantitative estimate of drug-likeness (QED) is 0.0540. The van der Waals surface area contributed by atoms with Gasteiger partial charge in [0.2, 0.25) is 11.8 Å². The van der Waals surface area contributed by atoms with Gasteiger partial charge >= 0.3 is 0 Å². The van der Waals surface area contributed by atoms with Crippen LogP contribution in [0.25, 0.3) is 0 Å². The number of carbonyl (C=O) groups is 3. The second-order valence-corrected chi connectivity index (χ2v) is 34.5. The van der Waals surface area contributed by atoms with Crippen LogP contribution in [0.5, 0.6) is 0 Å². The fourth-order valence-corrected chi connectivity index (χ4v) is 21.8. The first-order valence-electron chi connectivity index (χ1n) is 36.2. The van der Waals surface area contributed by atoms with E-state index in [0.29, 0.717) is 89.7 Å². The molecular weight excluding hydrogens is 1120 g/mol. The van der Waals surface area contributed by atoms with Crippen molar-refractivity contribution in [3.63, 3.8) is 0 Å². The summed E-state index contributed by atoms with van der Waals surface area (Å²) in [6.07, 6.45) is 12.8. The highest BCUT2D eigenvalue weighted by atomic mass is 16.3. The van der Waals surface area contributed by atoms with Gasteiger partial charge in [-0.15, -0.1) is 0 Å². The number of carbonyl (C=O) groups excluding carboxylic acids is 3. The van der Waals surface area contributed by atoms with Gasteiger partial charge < -0.3 is 51.5 Å². The van der Waals surface area contributed by atoms with Crippen LogP contribution in [0.4, 0.5) is 0 Å². The van der Waals surface area contributed by atoms with Crippen LogP contribution in [0.15, 0.2) is 42.5 Å². The lowest BCUT2D eigenvalue weighted by molar-refractivity contribution is -0.207. The van der Waals surface area contributed by atoms with E-state index < -0.39 is 24.4 Å². The second-order valence-electron chi connectivity index (χ2n) is 34.5. The van der Waals surface area contributed by atoms with E-state index in [9.17, 15) is 45.0 Å². The minimum Gasteiger partial charge on any atom is -0.393 e. The average Bonchev–Trinajstić information content (AvgIpc) is 1.34. The van der Waals surface area contributed by atoms with E-state index in [1.807, 2.05) is 29.2 Å². The third kappa shape index (κ3) is 13.8. The number of hydrogen-bond donors (Lipinski definition) is 9. The number of nitrogens with zero attached hydrogens (tertiary/aromatic N) is 1. The molecule has 10 rings (SSSR count). The summed E-state index contributed by atoms with van der Waals surface area (Å²) in [6.45, 7) is 30.5. The molecule has 0 saturated heterocycles. The Morgan fingerprint density at radius 1 is 0.544 bits per heavy atom. The van der Waals surface area contributed by atoms with E-state index in [0.717, 1.165) is 89.2 Å². The minimum atomic E-state index is -0.468. The molecule has 0 aliphatic heterocycles. The topological polar surface area (TPSA) is 212 Å². The monoisotopic (exact) mass is 1250 g/mol. The zero-order chi connectivity index (χ0) is 65.0. The molecule has 22 atom stereocenters. The van der Waals surface area contributed by atoms with Gasteiger partial charge in [-0.1, -0.05) is 113 Å². The number of benzene rings is 2. The van der Waals surface area contributed by atoms with Gasteiger partial charge in [0.1, 0.15) is 0 Å². The van der Waals surface area contributed by atoms with Crippen LogP contribution in [0.3, 0.4) is 0 Å². The van der Waals surface area contributed by atoms with Crippen molar-refractivity contribution in [3.8, 4) is 0 Å². The van der Waals surface area contributed by atoms with E-state index in [4.69, 9.17) is 0 Å². The summed E-state index contributed by atoms with van der Waals surface area (Å²) in [6, 6.07) is 14.8. The Bertz CT molecular complexity index is 2650. The van der Waals surface area contributed by atoms with Gasteiger partial charge in [0, 0.05) is 57.7 Å². The first-order chi connectivity index (χ1) is 42.4. The zero-order valence-electron chi connectivity index (χ0n) is 57.7. The van der Waals surface area contributed by atoms with Crippen molar-refractivity contribution in [2.24, 2.45) is 92.7 Å². The molecule has 0 unspecified atom stereocenters. The predicted molar refractivity (Wildman–Crippen MR) is 357 cm³/mol. The number of aliphatic hydroxyl groups excluding tert-OH is 6. The maximum atomic E-state index is 14.5.